The Kier molecular flexibility index (Phi) is 5.91. The zero-order valence-corrected chi connectivity index (χ0v) is 18.7. The van der Waals surface area contributed by atoms with Crippen LogP contribution in [0.25, 0.3) is 22.1 Å². The van der Waals surface area contributed by atoms with Crippen molar-refractivity contribution in [2.75, 3.05) is 11.6 Å². The average molecular weight is 477 g/mol. The molecule has 0 saturated heterocycles. The Balaban J connectivity index is 1.80. The molecule has 1 heterocycles. The van der Waals surface area contributed by atoms with Crippen LogP contribution in [-0.2, 0) is 14.3 Å². The highest BCUT2D eigenvalue weighted by molar-refractivity contribution is 7.86. The standard InChI is InChI=1S/C24H19N3O6S/c1-34(30,31)33-24(29)18-5-3-2-4-17(18)19-12-15-10-11-32-21(15)13-20(19)23(28)27-16-8-6-14(7-9-16)22(25)26/h2-13H,1H3,(H3,25,26)(H,27,28). The van der Waals surface area contributed by atoms with Crippen LogP contribution in [0.1, 0.15) is 26.3 Å². The lowest BCUT2D eigenvalue weighted by Gasteiger charge is -2.14. The predicted octanol–water partition coefficient (Wildman–Crippen LogP) is 3.75. The Morgan fingerprint density at radius 1 is 0.971 bits per heavy atom. The number of nitrogens with one attached hydrogen (secondary N) is 2. The molecule has 10 heteroatoms. The van der Waals surface area contributed by atoms with Gasteiger partial charge >= 0.3 is 16.1 Å². The van der Waals surface area contributed by atoms with Crippen LogP contribution in [0.5, 0.6) is 0 Å². The first-order chi connectivity index (χ1) is 16.1. The summed E-state index contributed by atoms with van der Waals surface area (Å²) in [6.07, 6.45) is 2.25. The number of nitrogens with two attached hydrogens (primary N) is 1. The fraction of sp³-hybridized carbons (Fsp3) is 0.0417. The lowest BCUT2D eigenvalue weighted by atomic mass is 9.93. The summed E-state index contributed by atoms with van der Waals surface area (Å²) in [6, 6.07) is 17.6. The number of hydrogen-bond acceptors (Lipinski definition) is 7. The molecular weight excluding hydrogens is 458 g/mol. The van der Waals surface area contributed by atoms with Gasteiger partial charge in [-0.15, -0.1) is 0 Å². The summed E-state index contributed by atoms with van der Waals surface area (Å²) in [7, 11) is -4.04. The fourth-order valence-electron chi connectivity index (χ4n) is 3.43. The van der Waals surface area contributed by atoms with Gasteiger partial charge in [0.1, 0.15) is 11.4 Å². The Morgan fingerprint density at radius 3 is 2.35 bits per heavy atom. The minimum atomic E-state index is -4.04. The van der Waals surface area contributed by atoms with E-state index in [1.165, 1.54) is 12.3 Å². The van der Waals surface area contributed by atoms with E-state index < -0.39 is 22.0 Å². The quantitative estimate of drug-likeness (QED) is 0.217. The van der Waals surface area contributed by atoms with Crippen LogP contribution in [0.3, 0.4) is 0 Å². The summed E-state index contributed by atoms with van der Waals surface area (Å²) in [4.78, 5) is 25.8. The Bertz CT molecular complexity index is 1540. The highest BCUT2D eigenvalue weighted by atomic mass is 32.2. The van der Waals surface area contributed by atoms with Crippen LogP contribution in [-0.4, -0.2) is 32.4 Å². The van der Waals surface area contributed by atoms with Gasteiger partial charge in [-0.2, -0.15) is 8.42 Å². The minimum absolute atomic E-state index is 0.0179. The van der Waals surface area contributed by atoms with Gasteiger partial charge in [-0.1, -0.05) is 18.2 Å². The van der Waals surface area contributed by atoms with E-state index in [-0.39, 0.29) is 17.0 Å². The van der Waals surface area contributed by atoms with Gasteiger partial charge in [0.2, 0.25) is 0 Å². The van der Waals surface area contributed by atoms with Crippen LogP contribution < -0.4 is 11.1 Å². The first-order valence-corrected chi connectivity index (χ1v) is 11.7. The van der Waals surface area contributed by atoms with Crippen LogP contribution >= 0.6 is 0 Å². The molecular formula is C24H19N3O6S. The van der Waals surface area contributed by atoms with Gasteiger partial charge in [0.25, 0.3) is 5.91 Å². The number of rotatable bonds is 6. The van der Waals surface area contributed by atoms with E-state index in [0.717, 1.165) is 6.26 Å². The molecule has 34 heavy (non-hydrogen) atoms. The lowest BCUT2D eigenvalue weighted by Crippen LogP contribution is -2.16. The summed E-state index contributed by atoms with van der Waals surface area (Å²) in [6.45, 7) is 0. The summed E-state index contributed by atoms with van der Waals surface area (Å²) in [5, 5.41) is 10.9. The molecule has 1 aromatic heterocycles. The number of carbonyl (C=O) groups is 2. The van der Waals surface area contributed by atoms with E-state index in [1.807, 2.05) is 0 Å². The van der Waals surface area contributed by atoms with E-state index in [2.05, 4.69) is 9.50 Å². The van der Waals surface area contributed by atoms with Crippen molar-refractivity contribution < 1.29 is 26.6 Å². The highest BCUT2D eigenvalue weighted by Crippen LogP contribution is 2.33. The van der Waals surface area contributed by atoms with Crippen molar-refractivity contribution >= 4 is 44.5 Å². The average Bonchev–Trinajstić information content (AvgIpc) is 3.25. The number of benzene rings is 3. The molecule has 0 saturated carbocycles. The number of amides is 1. The molecule has 0 aliphatic carbocycles. The molecule has 3 aromatic carbocycles. The second-order valence-corrected chi connectivity index (χ2v) is 9.00. The van der Waals surface area contributed by atoms with E-state index >= 15 is 0 Å². The van der Waals surface area contributed by atoms with Crippen LogP contribution in [0, 0.1) is 5.41 Å². The van der Waals surface area contributed by atoms with E-state index in [1.54, 1.807) is 60.7 Å². The number of anilines is 1. The highest BCUT2D eigenvalue weighted by Gasteiger charge is 2.23. The number of furan rings is 1. The van der Waals surface area contributed by atoms with Crippen molar-refractivity contribution in [1.29, 1.82) is 5.41 Å². The third kappa shape index (κ3) is 4.81. The minimum Gasteiger partial charge on any atom is -0.464 e. The first-order valence-electron chi connectivity index (χ1n) is 9.92. The summed E-state index contributed by atoms with van der Waals surface area (Å²) in [5.41, 5.74) is 7.77. The molecule has 172 valence electrons. The smallest absolute Gasteiger partial charge is 0.354 e. The van der Waals surface area contributed by atoms with E-state index in [0.29, 0.717) is 33.3 Å². The topological polar surface area (TPSA) is 153 Å². The van der Waals surface area contributed by atoms with E-state index in [4.69, 9.17) is 15.6 Å². The van der Waals surface area contributed by atoms with Crippen molar-refractivity contribution in [3.8, 4) is 11.1 Å². The molecule has 0 bridgehead atoms. The monoisotopic (exact) mass is 477 g/mol. The maximum absolute atomic E-state index is 13.3. The van der Waals surface area contributed by atoms with Gasteiger partial charge in [0.15, 0.2) is 0 Å². The van der Waals surface area contributed by atoms with Crippen molar-refractivity contribution in [2.24, 2.45) is 5.73 Å². The van der Waals surface area contributed by atoms with Crippen molar-refractivity contribution in [3.05, 3.63) is 89.7 Å². The normalized spacial score (nSPS) is 11.2. The second kappa shape index (κ2) is 8.83. The van der Waals surface area contributed by atoms with Gasteiger partial charge in [0, 0.05) is 16.6 Å². The second-order valence-electron chi connectivity index (χ2n) is 7.42. The van der Waals surface area contributed by atoms with Crippen LogP contribution in [0.2, 0.25) is 0 Å². The van der Waals surface area contributed by atoms with Crippen LogP contribution in [0.4, 0.5) is 5.69 Å². The number of amidine groups is 1. The van der Waals surface area contributed by atoms with Gasteiger partial charge in [0.05, 0.1) is 23.6 Å². The van der Waals surface area contributed by atoms with Crippen molar-refractivity contribution in [2.45, 2.75) is 0 Å². The zero-order valence-electron chi connectivity index (χ0n) is 17.9. The SMILES string of the molecule is CS(=O)(=O)OC(=O)c1ccccc1-c1cc2ccoc2cc1C(=O)Nc1ccc(C(=N)N)cc1. The molecule has 0 unspecified atom stereocenters. The third-order valence-electron chi connectivity index (χ3n) is 4.96. The largest absolute Gasteiger partial charge is 0.464 e. The maximum Gasteiger partial charge on any atom is 0.354 e. The van der Waals surface area contributed by atoms with Gasteiger partial charge < -0.3 is 19.7 Å². The molecule has 0 atom stereocenters. The molecule has 0 aliphatic heterocycles. The molecule has 1 amide bonds. The Labute approximate surface area is 194 Å². The number of hydrogen-bond donors (Lipinski definition) is 3. The molecule has 0 aliphatic rings. The molecule has 9 nitrogen and oxygen atoms in total. The third-order valence-corrected chi connectivity index (χ3v) is 5.41. The molecule has 0 radical (unpaired) electrons. The Morgan fingerprint density at radius 2 is 1.68 bits per heavy atom. The van der Waals surface area contributed by atoms with E-state index in [9.17, 15) is 18.0 Å². The Hall–Kier alpha value is -4.44. The molecule has 4 rings (SSSR count). The molecule has 4 aromatic rings. The molecule has 0 spiro atoms. The number of fused-ring (bicyclic) bond motifs is 1. The maximum atomic E-state index is 13.3. The summed E-state index contributed by atoms with van der Waals surface area (Å²) >= 11 is 0. The number of carbonyl (C=O) groups excluding carboxylic acids is 2. The van der Waals surface area contributed by atoms with Gasteiger partial charge in [-0.25, -0.2) is 4.79 Å². The summed E-state index contributed by atoms with van der Waals surface area (Å²) in [5.74, 6) is -1.65. The summed E-state index contributed by atoms with van der Waals surface area (Å²) < 4.78 is 33.0. The zero-order chi connectivity index (χ0) is 24.5. The fourth-order valence-corrected chi connectivity index (χ4v) is 3.79. The van der Waals surface area contributed by atoms with Gasteiger partial charge in [-0.05, 0) is 59.7 Å². The number of nitrogen functional groups attached to an aromatic ring is 1. The van der Waals surface area contributed by atoms with Crippen LogP contribution in [0.15, 0.2) is 77.4 Å². The van der Waals surface area contributed by atoms with Gasteiger partial charge in [-0.3, -0.25) is 10.2 Å². The van der Waals surface area contributed by atoms with Crippen molar-refractivity contribution in [1.82, 2.24) is 0 Å². The first kappa shape index (κ1) is 22.7. The van der Waals surface area contributed by atoms with Crippen molar-refractivity contribution in [3.63, 3.8) is 0 Å². The molecule has 4 N–H and O–H groups in total. The predicted molar refractivity (Wildman–Crippen MR) is 127 cm³/mol. The lowest BCUT2D eigenvalue weighted by molar-refractivity contribution is 0.0748. The molecule has 0 fully saturated rings.